The molecular weight excluding hydrogens is 214 g/mol. The molecule has 0 bridgehead atoms. The summed E-state index contributed by atoms with van der Waals surface area (Å²) in [7, 11) is 1.66. The lowest BCUT2D eigenvalue weighted by atomic mass is 10.1. The lowest BCUT2D eigenvalue weighted by molar-refractivity contribution is -0.652. The van der Waals surface area contributed by atoms with Gasteiger partial charge in [-0.15, -0.1) is 6.58 Å². The SMILES string of the molecule is C=CCc1ccc(OCC[NH2+]CC)c(OC)c1. The molecule has 2 N–H and O–H groups in total. The topological polar surface area (TPSA) is 35.1 Å². The van der Waals surface area contributed by atoms with Gasteiger partial charge in [-0.25, -0.2) is 0 Å². The van der Waals surface area contributed by atoms with Crippen LogP contribution in [0.4, 0.5) is 0 Å². The molecule has 3 heteroatoms. The lowest BCUT2D eigenvalue weighted by Gasteiger charge is -2.11. The summed E-state index contributed by atoms with van der Waals surface area (Å²) in [6, 6.07) is 6.01. The number of quaternary nitrogens is 1. The van der Waals surface area contributed by atoms with Crippen LogP contribution in [-0.2, 0) is 6.42 Å². The Hall–Kier alpha value is -1.48. The molecule has 1 aromatic rings. The van der Waals surface area contributed by atoms with Gasteiger partial charge in [0.2, 0.25) is 0 Å². The number of allylic oxidation sites excluding steroid dienone is 1. The Morgan fingerprint density at radius 3 is 2.82 bits per heavy atom. The minimum absolute atomic E-state index is 0.699. The maximum atomic E-state index is 5.68. The number of methoxy groups -OCH3 is 1. The first-order valence-corrected chi connectivity index (χ1v) is 6.04. The van der Waals surface area contributed by atoms with E-state index in [1.165, 1.54) is 5.56 Å². The molecular formula is C14H22NO2+. The number of benzene rings is 1. The van der Waals surface area contributed by atoms with Crippen molar-refractivity contribution < 1.29 is 14.8 Å². The van der Waals surface area contributed by atoms with Gasteiger partial charge >= 0.3 is 0 Å². The van der Waals surface area contributed by atoms with Gasteiger partial charge < -0.3 is 14.8 Å². The molecule has 0 aliphatic rings. The van der Waals surface area contributed by atoms with Crippen molar-refractivity contribution in [3.05, 3.63) is 36.4 Å². The fraction of sp³-hybridized carbons (Fsp3) is 0.429. The van der Waals surface area contributed by atoms with Crippen LogP contribution in [0.3, 0.4) is 0 Å². The van der Waals surface area contributed by atoms with Gasteiger partial charge in [-0.1, -0.05) is 12.1 Å². The number of likely N-dealkylation sites (N-methyl/N-ethyl adjacent to an activating group) is 1. The fourth-order valence-corrected chi connectivity index (χ4v) is 1.58. The van der Waals surface area contributed by atoms with Crippen LogP contribution in [0, 0.1) is 0 Å². The third-order valence-electron chi connectivity index (χ3n) is 2.48. The molecule has 3 nitrogen and oxygen atoms in total. The second-order valence-electron chi connectivity index (χ2n) is 3.81. The summed E-state index contributed by atoms with van der Waals surface area (Å²) in [6.45, 7) is 8.61. The summed E-state index contributed by atoms with van der Waals surface area (Å²) in [5.41, 5.74) is 1.18. The zero-order chi connectivity index (χ0) is 12.5. The van der Waals surface area contributed by atoms with Gasteiger partial charge in [-0.2, -0.15) is 0 Å². The zero-order valence-electron chi connectivity index (χ0n) is 10.7. The summed E-state index contributed by atoms with van der Waals surface area (Å²) >= 11 is 0. The van der Waals surface area contributed by atoms with Crippen LogP contribution in [0.25, 0.3) is 0 Å². The Labute approximate surface area is 103 Å². The Kier molecular flexibility index (Phi) is 6.18. The van der Waals surface area contributed by atoms with E-state index in [9.17, 15) is 0 Å². The van der Waals surface area contributed by atoms with Crippen molar-refractivity contribution in [1.29, 1.82) is 0 Å². The van der Waals surface area contributed by atoms with Crippen LogP contribution >= 0.6 is 0 Å². The highest BCUT2D eigenvalue weighted by Gasteiger charge is 2.05. The van der Waals surface area contributed by atoms with Gasteiger partial charge in [0.15, 0.2) is 11.5 Å². The van der Waals surface area contributed by atoms with E-state index >= 15 is 0 Å². The third-order valence-corrected chi connectivity index (χ3v) is 2.48. The number of ether oxygens (including phenoxy) is 2. The predicted octanol–water partition coefficient (Wildman–Crippen LogP) is 1.39. The monoisotopic (exact) mass is 236 g/mol. The molecule has 0 amide bonds. The van der Waals surface area contributed by atoms with Gasteiger partial charge in [-0.05, 0) is 31.0 Å². The molecule has 1 rings (SSSR count). The van der Waals surface area contributed by atoms with Crippen molar-refractivity contribution in [3.8, 4) is 11.5 Å². The van der Waals surface area contributed by atoms with Gasteiger partial charge in [0.25, 0.3) is 0 Å². The minimum atomic E-state index is 0.699. The second-order valence-corrected chi connectivity index (χ2v) is 3.81. The van der Waals surface area contributed by atoms with E-state index in [0.29, 0.717) is 6.61 Å². The van der Waals surface area contributed by atoms with E-state index in [2.05, 4.69) is 18.8 Å². The molecule has 0 saturated heterocycles. The van der Waals surface area contributed by atoms with E-state index < -0.39 is 0 Å². The Balaban J connectivity index is 2.61. The highest BCUT2D eigenvalue weighted by atomic mass is 16.5. The number of hydrogen-bond donors (Lipinski definition) is 1. The minimum Gasteiger partial charge on any atom is -0.493 e. The zero-order valence-corrected chi connectivity index (χ0v) is 10.7. The number of hydrogen-bond acceptors (Lipinski definition) is 2. The van der Waals surface area contributed by atoms with E-state index in [1.54, 1.807) is 7.11 Å². The van der Waals surface area contributed by atoms with E-state index in [-0.39, 0.29) is 0 Å². The first kappa shape index (κ1) is 13.6. The van der Waals surface area contributed by atoms with E-state index in [0.717, 1.165) is 31.0 Å². The molecule has 1 aromatic carbocycles. The molecule has 0 spiro atoms. The van der Waals surface area contributed by atoms with Crippen molar-refractivity contribution in [2.24, 2.45) is 0 Å². The van der Waals surface area contributed by atoms with Gasteiger partial charge in [0.1, 0.15) is 13.2 Å². The summed E-state index contributed by atoms with van der Waals surface area (Å²) < 4.78 is 11.0. The highest BCUT2D eigenvalue weighted by molar-refractivity contribution is 5.43. The Morgan fingerprint density at radius 2 is 2.18 bits per heavy atom. The maximum absolute atomic E-state index is 5.68. The largest absolute Gasteiger partial charge is 0.493 e. The Morgan fingerprint density at radius 1 is 1.35 bits per heavy atom. The Bertz CT molecular complexity index is 350. The maximum Gasteiger partial charge on any atom is 0.161 e. The quantitative estimate of drug-likeness (QED) is 0.547. The van der Waals surface area contributed by atoms with Crippen LogP contribution in [0.15, 0.2) is 30.9 Å². The van der Waals surface area contributed by atoms with Crippen LogP contribution in [0.2, 0.25) is 0 Å². The highest BCUT2D eigenvalue weighted by Crippen LogP contribution is 2.28. The molecule has 0 fully saturated rings. The van der Waals surface area contributed by atoms with Crippen LogP contribution in [0.5, 0.6) is 11.5 Å². The van der Waals surface area contributed by atoms with Crippen molar-refractivity contribution in [2.75, 3.05) is 26.8 Å². The van der Waals surface area contributed by atoms with Gasteiger partial charge in [0.05, 0.1) is 13.7 Å². The third kappa shape index (κ3) is 4.49. The molecule has 0 saturated carbocycles. The summed E-state index contributed by atoms with van der Waals surface area (Å²) in [5.74, 6) is 1.60. The first-order chi connectivity index (χ1) is 8.31. The number of rotatable bonds is 8. The van der Waals surface area contributed by atoms with Crippen LogP contribution in [0.1, 0.15) is 12.5 Å². The van der Waals surface area contributed by atoms with Crippen molar-refractivity contribution >= 4 is 0 Å². The lowest BCUT2D eigenvalue weighted by Crippen LogP contribution is -2.84. The molecule has 0 aliphatic carbocycles. The molecule has 0 aromatic heterocycles. The van der Waals surface area contributed by atoms with Crippen molar-refractivity contribution in [3.63, 3.8) is 0 Å². The summed E-state index contributed by atoms with van der Waals surface area (Å²) in [5, 5.41) is 2.21. The molecule has 0 aliphatic heterocycles. The smallest absolute Gasteiger partial charge is 0.161 e. The van der Waals surface area contributed by atoms with Gasteiger partial charge in [-0.3, -0.25) is 0 Å². The summed E-state index contributed by atoms with van der Waals surface area (Å²) in [6.07, 6.45) is 2.73. The molecule has 0 radical (unpaired) electrons. The molecule has 17 heavy (non-hydrogen) atoms. The molecule has 0 heterocycles. The first-order valence-electron chi connectivity index (χ1n) is 6.04. The standard InChI is InChI=1S/C14H21NO2/c1-4-6-12-7-8-13(14(11-12)16-3)17-10-9-15-5-2/h4,7-8,11,15H,1,5-6,9-10H2,2-3H3/p+1. The predicted molar refractivity (Wildman–Crippen MR) is 69.7 cm³/mol. The second kappa shape index (κ2) is 7.74. The van der Waals surface area contributed by atoms with Crippen molar-refractivity contribution in [1.82, 2.24) is 0 Å². The molecule has 94 valence electrons. The van der Waals surface area contributed by atoms with E-state index in [4.69, 9.17) is 9.47 Å². The molecule has 0 atom stereocenters. The van der Waals surface area contributed by atoms with Gasteiger partial charge in [0, 0.05) is 0 Å². The van der Waals surface area contributed by atoms with E-state index in [1.807, 2.05) is 24.3 Å². The van der Waals surface area contributed by atoms with Crippen LogP contribution < -0.4 is 14.8 Å². The van der Waals surface area contributed by atoms with Crippen LogP contribution in [-0.4, -0.2) is 26.8 Å². The van der Waals surface area contributed by atoms with Crippen molar-refractivity contribution in [2.45, 2.75) is 13.3 Å². The summed E-state index contributed by atoms with van der Waals surface area (Å²) in [4.78, 5) is 0. The fourth-order valence-electron chi connectivity index (χ4n) is 1.58. The average Bonchev–Trinajstić information content (AvgIpc) is 2.36. The number of nitrogens with two attached hydrogens (primary N) is 1. The normalized spacial score (nSPS) is 10.0. The molecule has 0 unspecified atom stereocenters. The average molecular weight is 236 g/mol.